The highest BCUT2D eigenvalue weighted by molar-refractivity contribution is 9.10. The van der Waals surface area contributed by atoms with Crippen LogP contribution in [0.4, 0.5) is 5.69 Å². The molecule has 0 atom stereocenters. The molecule has 2 aromatic rings. The van der Waals surface area contributed by atoms with Crippen molar-refractivity contribution in [3.05, 3.63) is 68.2 Å². The van der Waals surface area contributed by atoms with Gasteiger partial charge in [-0.25, -0.2) is 0 Å². The topological polar surface area (TPSA) is 55.2 Å². The standard InChI is InChI=1S/C15H15BrN2O2S/c1-17-9-11-2-6-14(7-3-11)21-10-12-4-5-13(18(19)20)8-15(12)16/h2-8,17H,9-10H2,1H3. The molecule has 0 fully saturated rings. The molecule has 2 rings (SSSR count). The third-order valence-electron chi connectivity index (χ3n) is 2.95. The lowest BCUT2D eigenvalue weighted by Gasteiger charge is -2.06. The lowest BCUT2D eigenvalue weighted by atomic mass is 10.2. The largest absolute Gasteiger partial charge is 0.316 e. The summed E-state index contributed by atoms with van der Waals surface area (Å²) in [5.74, 6) is 0.768. The lowest BCUT2D eigenvalue weighted by molar-refractivity contribution is -0.384. The number of hydrogen-bond acceptors (Lipinski definition) is 4. The fourth-order valence-electron chi connectivity index (χ4n) is 1.84. The molecule has 0 aromatic heterocycles. The van der Waals surface area contributed by atoms with Gasteiger partial charge in [-0.2, -0.15) is 0 Å². The molecule has 0 saturated carbocycles. The summed E-state index contributed by atoms with van der Waals surface area (Å²) in [6.45, 7) is 0.860. The second kappa shape index (κ2) is 7.59. The van der Waals surface area contributed by atoms with E-state index in [-0.39, 0.29) is 10.6 Å². The van der Waals surface area contributed by atoms with Gasteiger partial charge in [0, 0.05) is 33.8 Å². The van der Waals surface area contributed by atoms with Gasteiger partial charge >= 0.3 is 0 Å². The Morgan fingerprint density at radius 3 is 2.52 bits per heavy atom. The molecule has 1 N–H and O–H groups in total. The number of nitro benzene ring substituents is 1. The molecule has 0 aliphatic carbocycles. The Balaban J connectivity index is 2.01. The molecular formula is C15H15BrN2O2S. The monoisotopic (exact) mass is 366 g/mol. The number of non-ortho nitro benzene ring substituents is 1. The van der Waals surface area contributed by atoms with Crippen molar-refractivity contribution >= 4 is 33.4 Å². The first-order valence-corrected chi connectivity index (χ1v) is 8.17. The molecule has 0 unspecified atom stereocenters. The zero-order valence-electron chi connectivity index (χ0n) is 11.5. The number of rotatable bonds is 6. The van der Waals surface area contributed by atoms with Gasteiger partial charge in [-0.3, -0.25) is 10.1 Å². The van der Waals surface area contributed by atoms with E-state index in [4.69, 9.17) is 0 Å². The molecule has 4 nitrogen and oxygen atoms in total. The minimum Gasteiger partial charge on any atom is -0.316 e. The molecule has 0 radical (unpaired) electrons. The van der Waals surface area contributed by atoms with Gasteiger partial charge in [0.15, 0.2) is 0 Å². The molecule has 21 heavy (non-hydrogen) atoms. The van der Waals surface area contributed by atoms with Crippen molar-refractivity contribution in [2.75, 3.05) is 7.05 Å². The maximum absolute atomic E-state index is 10.7. The highest BCUT2D eigenvalue weighted by Gasteiger charge is 2.09. The molecule has 2 aromatic carbocycles. The first-order chi connectivity index (χ1) is 10.1. The third-order valence-corrected chi connectivity index (χ3v) is 4.75. The minimum absolute atomic E-state index is 0.104. The average molecular weight is 367 g/mol. The van der Waals surface area contributed by atoms with E-state index < -0.39 is 0 Å². The second-order valence-corrected chi connectivity index (χ2v) is 6.40. The second-order valence-electron chi connectivity index (χ2n) is 4.50. The van der Waals surface area contributed by atoms with E-state index in [0.29, 0.717) is 0 Å². The third kappa shape index (κ3) is 4.56. The summed E-state index contributed by atoms with van der Waals surface area (Å²) in [7, 11) is 1.93. The van der Waals surface area contributed by atoms with Crippen LogP contribution in [0.1, 0.15) is 11.1 Å². The van der Waals surface area contributed by atoms with Crippen LogP contribution in [-0.2, 0) is 12.3 Å². The van der Waals surface area contributed by atoms with Crippen LogP contribution in [0, 0.1) is 10.1 Å². The van der Waals surface area contributed by atoms with E-state index in [1.807, 2.05) is 7.05 Å². The molecular weight excluding hydrogens is 352 g/mol. The summed E-state index contributed by atoms with van der Waals surface area (Å²) in [6.07, 6.45) is 0. The number of hydrogen-bond donors (Lipinski definition) is 1. The Labute approximate surface area is 136 Å². The summed E-state index contributed by atoms with van der Waals surface area (Å²) >= 11 is 5.10. The molecule has 110 valence electrons. The molecule has 0 saturated heterocycles. The van der Waals surface area contributed by atoms with Crippen LogP contribution >= 0.6 is 27.7 Å². The van der Waals surface area contributed by atoms with Crippen LogP contribution in [0.5, 0.6) is 0 Å². The van der Waals surface area contributed by atoms with Crippen molar-refractivity contribution in [3.8, 4) is 0 Å². The van der Waals surface area contributed by atoms with Crippen LogP contribution in [0.3, 0.4) is 0 Å². The lowest BCUT2D eigenvalue weighted by Crippen LogP contribution is -2.04. The summed E-state index contributed by atoms with van der Waals surface area (Å²) in [5.41, 5.74) is 2.40. The molecule has 0 bridgehead atoms. The van der Waals surface area contributed by atoms with Crippen LogP contribution in [0.15, 0.2) is 51.8 Å². The van der Waals surface area contributed by atoms with Gasteiger partial charge < -0.3 is 5.32 Å². The van der Waals surface area contributed by atoms with Crippen LogP contribution in [-0.4, -0.2) is 12.0 Å². The highest BCUT2D eigenvalue weighted by atomic mass is 79.9. The quantitative estimate of drug-likeness (QED) is 0.468. The van der Waals surface area contributed by atoms with Gasteiger partial charge in [-0.15, -0.1) is 11.8 Å². The highest BCUT2D eigenvalue weighted by Crippen LogP contribution is 2.29. The Hall–Kier alpha value is -1.37. The number of nitro groups is 1. The first-order valence-electron chi connectivity index (χ1n) is 6.39. The van der Waals surface area contributed by atoms with Crippen molar-refractivity contribution in [1.82, 2.24) is 5.32 Å². The predicted octanol–water partition coefficient (Wildman–Crippen LogP) is 4.37. The molecule has 0 spiro atoms. The van der Waals surface area contributed by atoms with Crippen LogP contribution in [0.2, 0.25) is 0 Å². The number of nitrogens with one attached hydrogen (secondary N) is 1. The van der Waals surface area contributed by atoms with E-state index in [9.17, 15) is 10.1 Å². The maximum Gasteiger partial charge on any atom is 0.270 e. The Morgan fingerprint density at radius 1 is 1.24 bits per heavy atom. The summed E-state index contributed by atoms with van der Waals surface area (Å²) in [4.78, 5) is 11.5. The Bertz CT molecular complexity index is 632. The summed E-state index contributed by atoms with van der Waals surface area (Å²) in [6, 6.07) is 13.3. The van der Waals surface area contributed by atoms with E-state index in [0.717, 1.165) is 22.3 Å². The van der Waals surface area contributed by atoms with Gasteiger partial charge in [-0.05, 0) is 30.3 Å². The number of halogens is 1. The van der Waals surface area contributed by atoms with Crippen LogP contribution in [0.25, 0.3) is 0 Å². The van der Waals surface area contributed by atoms with E-state index in [1.165, 1.54) is 16.5 Å². The fourth-order valence-corrected chi connectivity index (χ4v) is 3.43. The number of benzene rings is 2. The Kier molecular flexibility index (Phi) is 5.78. The predicted molar refractivity (Wildman–Crippen MR) is 89.6 cm³/mol. The summed E-state index contributed by atoms with van der Waals surface area (Å²) in [5, 5.41) is 13.8. The molecule has 0 amide bonds. The minimum atomic E-state index is -0.387. The van der Waals surface area contributed by atoms with Crippen molar-refractivity contribution in [2.45, 2.75) is 17.2 Å². The zero-order chi connectivity index (χ0) is 15.2. The zero-order valence-corrected chi connectivity index (χ0v) is 13.9. The molecule has 0 aliphatic rings. The van der Waals surface area contributed by atoms with Crippen LogP contribution < -0.4 is 5.32 Å². The van der Waals surface area contributed by atoms with Crippen molar-refractivity contribution in [2.24, 2.45) is 0 Å². The SMILES string of the molecule is CNCc1ccc(SCc2ccc([N+](=O)[O-])cc2Br)cc1. The van der Waals surface area contributed by atoms with E-state index >= 15 is 0 Å². The summed E-state index contributed by atoms with van der Waals surface area (Å²) < 4.78 is 0.774. The van der Waals surface area contributed by atoms with Gasteiger partial charge in [0.1, 0.15) is 0 Å². The number of thioether (sulfide) groups is 1. The van der Waals surface area contributed by atoms with Gasteiger partial charge in [0.2, 0.25) is 0 Å². The smallest absolute Gasteiger partial charge is 0.270 e. The molecule has 0 heterocycles. The number of nitrogens with zero attached hydrogens (tertiary/aromatic N) is 1. The average Bonchev–Trinajstić information content (AvgIpc) is 2.47. The van der Waals surface area contributed by atoms with Gasteiger partial charge in [0.25, 0.3) is 5.69 Å². The Morgan fingerprint density at radius 2 is 1.95 bits per heavy atom. The van der Waals surface area contributed by atoms with Gasteiger partial charge in [-0.1, -0.05) is 34.1 Å². The first kappa shape index (κ1) is 16.0. The van der Waals surface area contributed by atoms with Crippen molar-refractivity contribution in [1.29, 1.82) is 0 Å². The normalized spacial score (nSPS) is 10.6. The van der Waals surface area contributed by atoms with E-state index in [1.54, 1.807) is 23.9 Å². The maximum atomic E-state index is 10.7. The molecule has 0 aliphatic heterocycles. The van der Waals surface area contributed by atoms with Gasteiger partial charge in [0.05, 0.1) is 4.92 Å². The van der Waals surface area contributed by atoms with Crippen molar-refractivity contribution in [3.63, 3.8) is 0 Å². The van der Waals surface area contributed by atoms with Crippen molar-refractivity contribution < 1.29 is 4.92 Å². The fraction of sp³-hybridized carbons (Fsp3) is 0.200. The molecule has 6 heteroatoms. The van der Waals surface area contributed by atoms with E-state index in [2.05, 4.69) is 45.5 Å².